The number of nitrogens with zero attached hydrogens (tertiary/aromatic N) is 1. The molecule has 0 unspecified atom stereocenters. The van der Waals surface area contributed by atoms with Gasteiger partial charge in [-0.1, -0.05) is 13.8 Å². The number of hydrogen-bond donors (Lipinski definition) is 1. The van der Waals surface area contributed by atoms with Crippen molar-refractivity contribution in [3.05, 3.63) is 23.8 Å². The molecule has 1 aliphatic rings. The maximum Gasteiger partial charge on any atom is 0.416 e. The highest BCUT2D eigenvalue weighted by atomic mass is 19.4. The first-order valence-corrected chi connectivity index (χ1v) is 6.08. The quantitative estimate of drug-likeness (QED) is 0.872. The molecule has 0 saturated carbocycles. The molecule has 1 aromatic rings. The van der Waals surface area contributed by atoms with Crippen LogP contribution in [0.5, 0.6) is 0 Å². The van der Waals surface area contributed by atoms with E-state index in [-0.39, 0.29) is 0 Å². The topological polar surface area (TPSA) is 15.3 Å². The SMILES string of the molecule is CC(C)CN1CCNc2ccc(C(F)(F)F)cc21. The summed E-state index contributed by atoms with van der Waals surface area (Å²) < 4.78 is 38.1. The lowest BCUT2D eigenvalue weighted by Gasteiger charge is -2.33. The third kappa shape index (κ3) is 2.71. The molecule has 5 heteroatoms. The third-order valence-electron chi connectivity index (χ3n) is 2.95. The summed E-state index contributed by atoms with van der Waals surface area (Å²) in [5.74, 6) is 0.422. The summed E-state index contributed by atoms with van der Waals surface area (Å²) in [7, 11) is 0. The van der Waals surface area contributed by atoms with Gasteiger partial charge in [0.25, 0.3) is 0 Å². The van der Waals surface area contributed by atoms with Gasteiger partial charge in [0.2, 0.25) is 0 Å². The van der Waals surface area contributed by atoms with Crippen LogP contribution in [0.2, 0.25) is 0 Å². The fourth-order valence-electron chi connectivity index (χ4n) is 2.20. The second kappa shape index (κ2) is 4.71. The Hall–Kier alpha value is -1.39. The summed E-state index contributed by atoms with van der Waals surface area (Å²) in [5, 5.41) is 3.14. The molecular formula is C13H17F3N2. The lowest BCUT2D eigenvalue weighted by atomic mass is 10.1. The smallest absolute Gasteiger partial charge is 0.382 e. The van der Waals surface area contributed by atoms with Crippen molar-refractivity contribution in [2.45, 2.75) is 20.0 Å². The summed E-state index contributed by atoms with van der Waals surface area (Å²) in [6.45, 7) is 6.41. The van der Waals surface area contributed by atoms with Gasteiger partial charge in [0.15, 0.2) is 0 Å². The van der Waals surface area contributed by atoms with Crippen LogP contribution in [-0.4, -0.2) is 19.6 Å². The highest BCUT2D eigenvalue weighted by Crippen LogP contribution is 2.37. The average molecular weight is 258 g/mol. The number of hydrogen-bond acceptors (Lipinski definition) is 2. The minimum absolute atomic E-state index is 0.422. The molecule has 0 radical (unpaired) electrons. The van der Waals surface area contributed by atoms with Crippen LogP contribution in [-0.2, 0) is 6.18 Å². The van der Waals surface area contributed by atoms with Gasteiger partial charge in [-0.15, -0.1) is 0 Å². The molecule has 2 rings (SSSR count). The number of nitrogens with one attached hydrogen (secondary N) is 1. The Balaban J connectivity index is 2.35. The Labute approximate surface area is 105 Å². The number of anilines is 2. The van der Waals surface area contributed by atoms with Gasteiger partial charge >= 0.3 is 6.18 Å². The van der Waals surface area contributed by atoms with Crippen LogP contribution in [0.4, 0.5) is 24.5 Å². The predicted molar refractivity (Wildman–Crippen MR) is 67.0 cm³/mol. The summed E-state index contributed by atoms with van der Waals surface area (Å²) >= 11 is 0. The Kier molecular flexibility index (Phi) is 3.41. The monoisotopic (exact) mass is 258 g/mol. The first-order chi connectivity index (χ1) is 8.38. The van der Waals surface area contributed by atoms with Crippen molar-refractivity contribution < 1.29 is 13.2 Å². The lowest BCUT2D eigenvalue weighted by Crippen LogP contribution is -2.36. The predicted octanol–water partition coefficient (Wildman–Crippen LogP) is 3.59. The largest absolute Gasteiger partial charge is 0.416 e. The van der Waals surface area contributed by atoms with Gasteiger partial charge in [0.1, 0.15) is 0 Å². The molecule has 2 nitrogen and oxygen atoms in total. The van der Waals surface area contributed by atoms with Crippen LogP contribution in [0.15, 0.2) is 18.2 Å². The number of alkyl halides is 3. The van der Waals surface area contributed by atoms with Gasteiger partial charge < -0.3 is 10.2 Å². The summed E-state index contributed by atoms with van der Waals surface area (Å²) in [4.78, 5) is 2.02. The van der Waals surface area contributed by atoms with Gasteiger partial charge in [-0.3, -0.25) is 0 Å². The van der Waals surface area contributed by atoms with Crippen LogP contribution in [0.1, 0.15) is 19.4 Å². The average Bonchev–Trinajstić information content (AvgIpc) is 2.27. The molecule has 0 atom stereocenters. The van der Waals surface area contributed by atoms with Crippen LogP contribution in [0.3, 0.4) is 0 Å². The molecule has 100 valence electrons. The van der Waals surface area contributed by atoms with E-state index in [1.165, 1.54) is 12.1 Å². The van der Waals surface area contributed by atoms with Crippen molar-refractivity contribution in [3.63, 3.8) is 0 Å². The van der Waals surface area contributed by atoms with Gasteiger partial charge in [0, 0.05) is 19.6 Å². The number of halogens is 3. The van der Waals surface area contributed by atoms with Crippen molar-refractivity contribution in [3.8, 4) is 0 Å². The van der Waals surface area contributed by atoms with E-state index in [2.05, 4.69) is 19.2 Å². The van der Waals surface area contributed by atoms with Crippen molar-refractivity contribution in [1.29, 1.82) is 0 Å². The molecule has 1 aromatic carbocycles. The standard InChI is InChI=1S/C13H17F3N2/c1-9(2)8-18-6-5-17-11-4-3-10(7-12(11)18)13(14,15)16/h3-4,7,9,17H,5-6,8H2,1-2H3. The maximum atomic E-state index is 12.7. The molecule has 1 aliphatic heterocycles. The van der Waals surface area contributed by atoms with E-state index in [1.54, 1.807) is 0 Å². The fraction of sp³-hybridized carbons (Fsp3) is 0.538. The van der Waals surface area contributed by atoms with Crippen LogP contribution in [0, 0.1) is 5.92 Å². The zero-order chi connectivity index (χ0) is 13.3. The molecule has 0 spiro atoms. The molecule has 0 aromatic heterocycles. The van der Waals surface area contributed by atoms with Gasteiger partial charge in [0.05, 0.1) is 16.9 Å². The molecule has 18 heavy (non-hydrogen) atoms. The van der Waals surface area contributed by atoms with E-state index < -0.39 is 11.7 Å². The summed E-state index contributed by atoms with van der Waals surface area (Å²) in [5.41, 5.74) is 0.860. The second-order valence-electron chi connectivity index (χ2n) is 5.00. The third-order valence-corrected chi connectivity index (χ3v) is 2.95. The van der Waals surface area contributed by atoms with E-state index in [0.717, 1.165) is 31.4 Å². The van der Waals surface area contributed by atoms with Crippen molar-refractivity contribution in [1.82, 2.24) is 0 Å². The summed E-state index contributed by atoms with van der Waals surface area (Å²) in [6.07, 6.45) is -4.28. The molecule has 0 fully saturated rings. The number of fused-ring (bicyclic) bond motifs is 1. The molecule has 0 aliphatic carbocycles. The van der Waals surface area contributed by atoms with E-state index in [4.69, 9.17) is 0 Å². The molecule has 0 amide bonds. The zero-order valence-corrected chi connectivity index (χ0v) is 10.5. The van der Waals surface area contributed by atoms with Crippen LogP contribution < -0.4 is 10.2 Å². The second-order valence-corrected chi connectivity index (χ2v) is 5.00. The van der Waals surface area contributed by atoms with Crippen molar-refractivity contribution >= 4 is 11.4 Å². The molecular weight excluding hydrogens is 241 g/mol. The van der Waals surface area contributed by atoms with E-state index in [9.17, 15) is 13.2 Å². The Morgan fingerprint density at radius 2 is 2.06 bits per heavy atom. The highest BCUT2D eigenvalue weighted by molar-refractivity contribution is 5.73. The minimum Gasteiger partial charge on any atom is -0.382 e. The molecule has 0 saturated heterocycles. The fourth-order valence-corrected chi connectivity index (χ4v) is 2.20. The maximum absolute atomic E-state index is 12.7. The first-order valence-electron chi connectivity index (χ1n) is 6.08. The van der Waals surface area contributed by atoms with Gasteiger partial charge in [-0.25, -0.2) is 0 Å². The first kappa shape index (κ1) is 13.1. The Bertz CT molecular complexity index is 427. The van der Waals surface area contributed by atoms with Gasteiger partial charge in [-0.05, 0) is 24.1 Å². The molecule has 0 bridgehead atoms. The zero-order valence-electron chi connectivity index (χ0n) is 10.5. The summed E-state index contributed by atoms with van der Waals surface area (Å²) in [6, 6.07) is 3.89. The molecule has 1 N–H and O–H groups in total. The van der Waals surface area contributed by atoms with Crippen molar-refractivity contribution in [2.75, 3.05) is 29.9 Å². The Morgan fingerprint density at radius 3 is 2.67 bits per heavy atom. The highest BCUT2D eigenvalue weighted by Gasteiger charge is 2.32. The number of rotatable bonds is 2. The van der Waals surface area contributed by atoms with Crippen LogP contribution in [0.25, 0.3) is 0 Å². The minimum atomic E-state index is -4.28. The van der Waals surface area contributed by atoms with E-state index in [1.807, 2.05) is 4.90 Å². The van der Waals surface area contributed by atoms with Crippen LogP contribution >= 0.6 is 0 Å². The lowest BCUT2D eigenvalue weighted by molar-refractivity contribution is -0.137. The van der Waals surface area contributed by atoms with E-state index in [0.29, 0.717) is 11.6 Å². The normalized spacial score (nSPS) is 15.6. The van der Waals surface area contributed by atoms with E-state index >= 15 is 0 Å². The van der Waals surface area contributed by atoms with Crippen molar-refractivity contribution in [2.24, 2.45) is 5.92 Å². The number of benzene rings is 1. The Morgan fingerprint density at radius 1 is 1.33 bits per heavy atom. The molecule has 1 heterocycles. The van der Waals surface area contributed by atoms with Gasteiger partial charge in [-0.2, -0.15) is 13.2 Å².